The Labute approximate surface area is 227 Å². The Morgan fingerprint density at radius 1 is 1.20 bits per heavy atom. The molecule has 4 heterocycles. The summed E-state index contributed by atoms with van der Waals surface area (Å²) in [5, 5.41) is 20.0. The number of fused-ring (bicyclic) bond motifs is 1. The van der Waals surface area contributed by atoms with Crippen LogP contribution in [0.5, 0.6) is 0 Å². The molecule has 3 aromatic heterocycles. The first-order valence-corrected chi connectivity index (χ1v) is 12.6. The quantitative estimate of drug-likeness (QED) is 0.315. The predicted octanol–water partition coefficient (Wildman–Crippen LogP) is 4.45. The molecule has 1 aromatic carbocycles. The molecule has 0 saturated carbocycles. The summed E-state index contributed by atoms with van der Waals surface area (Å²) in [4.78, 5) is 24.0. The van der Waals surface area contributed by atoms with Crippen molar-refractivity contribution in [2.24, 2.45) is 0 Å². The third kappa shape index (κ3) is 5.39. The Balaban J connectivity index is 1.38. The lowest BCUT2D eigenvalue weighted by Gasteiger charge is -2.23. The molecule has 0 aliphatic carbocycles. The number of hydrogen-bond donors (Lipinski definition) is 3. The van der Waals surface area contributed by atoms with Crippen LogP contribution in [0, 0.1) is 6.92 Å². The number of anilines is 2. The second-order valence-corrected chi connectivity index (χ2v) is 10.3. The van der Waals surface area contributed by atoms with Crippen molar-refractivity contribution in [1.82, 2.24) is 40.6 Å². The fourth-order valence-corrected chi connectivity index (χ4v) is 4.35. The number of nitrogens with zero attached hydrogens (tertiary/aromatic N) is 6. The Morgan fingerprint density at radius 2 is 2.00 bits per heavy atom. The molecule has 11 nitrogen and oxygen atoms in total. The summed E-state index contributed by atoms with van der Waals surface area (Å²) >= 11 is 0. The molecule has 1 aliphatic heterocycles. The minimum absolute atomic E-state index is 0.417. The minimum atomic E-state index is -4.62. The van der Waals surface area contributed by atoms with E-state index in [2.05, 4.69) is 45.9 Å². The van der Waals surface area contributed by atoms with Crippen molar-refractivity contribution in [3.63, 3.8) is 0 Å². The Bertz CT molecular complexity index is 1530. The van der Waals surface area contributed by atoms with Crippen LogP contribution >= 0.6 is 0 Å². The number of H-pyrrole nitrogens is 1. The lowest BCUT2D eigenvalue weighted by molar-refractivity contribution is -0.186. The summed E-state index contributed by atoms with van der Waals surface area (Å²) in [7, 11) is 1.98. The molecular weight excluding hydrogens is 527 g/mol. The van der Waals surface area contributed by atoms with E-state index in [-0.39, 0.29) is 0 Å². The lowest BCUT2D eigenvalue weighted by Crippen LogP contribution is -2.36. The Morgan fingerprint density at radius 3 is 2.73 bits per heavy atom. The van der Waals surface area contributed by atoms with Crippen LogP contribution in [-0.2, 0) is 12.0 Å². The van der Waals surface area contributed by atoms with Gasteiger partial charge in [-0.05, 0) is 57.5 Å². The number of carbonyl (C=O) groups is 1. The molecule has 14 heteroatoms. The third-order valence-corrected chi connectivity index (χ3v) is 6.95. The smallest absolute Gasteiger partial charge is 0.402 e. The van der Waals surface area contributed by atoms with Crippen molar-refractivity contribution in [1.29, 1.82) is 0 Å². The van der Waals surface area contributed by atoms with Gasteiger partial charge in [0.15, 0.2) is 0 Å². The predicted molar refractivity (Wildman–Crippen MR) is 139 cm³/mol. The first-order chi connectivity index (χ1) is 18.9. The number of amides is 1. The highest BCUT2D eigenvalue weighted by molar-refractivity contribution is 5.89. The number of carbonyl (C=O) groups excluding carboxylic acids is 1. The van der Waals surface area contributed by atoms with Gasteiger partial charge in [-0.2, -0.15) is 18.3 Å². The van der Waals surface area contributed by atoms with Gasteiger partial charge < -0.3 is 20.0 Å². The first-order valence-electron chi connectivity index (χ1n) is 12.6. The zero-order valence-electron chi connectivity index (χ0n) is 22.3. The summed E-state index contributed by atoms with van der Waals surface area (Å²) in [5.41, 5.74) is 2.68. The minimum Gasteiger partial charge on any atom is -0.416 e. The summed E-state index contributed by atoms with van der Waals surface area (Å²) < 4.78 is 45.3. The molecule has 1 atom stereocenters. The number of aromatic nitrogens is 6. The van der Waals surface area contributed by atoms with Crippen LogP contribution in [0.25, 0.3) is 11.3 Å². The summed E-state index contributed by atoms with van der Waals surface area (Å²) in [6, 6.07) is 7.25. The molecule has 1 unspecified atom stereocenters. The summed E-state index contributed by atoms with van der Waals surface area (Å²) in [6.45, 7) is 5.04. The van der Waals surface area contributed by atoms with Gasteiger partial charge in [-0.15, -0.1) is 10.2 Å². The van der Waals surface area contributed by atoms with E-state index in [1.807, 2.05) is 38.2 Å². The molecule has 0 bridgehead atoms. The van der Waals surface area contributed by atoms with Gasteiger partial charge in [0.1, 0.15) is 5.41 Å². The molecule has 0 fully saturated rings. The number of hydrogen-bond acceptors (Lipinski definition) is 9. The summed E-state index contributed by atoms with van der Waals surface area (Å²) in [5.74, 6) is -1.50. The van der Waals surface area contributed by atoms with Gasteiger partial charge in [0, 0.05) is 24.8 Å². The van der Waals surface area contributed by atoms with Crippen LogP contribution in [0.1, 0.15) is 59.7 Å². The molecule has 3 N–H and O–H groups in total. The van der Waals surface area contributed by atoms with Crippen molar-refractivity contribution in [3.8, 4) is 11.3 Å². The summed E-state index contributed by atoms with van der Waals surface area (Å²) in [6.07, 6.45) is -0.715. The SMILES string of the molecule is Cc1[nH]ncc1Nc1nccc(-c2ccc3c(c2)CN(C)CCC3NC(=O)c2nnc(C(C)(C)C(F)(F)F)o2)n1. The lowest BCUT2D eigenvalue weighted by atomic mass is 9.93. The molecule has 4 aromatic rings. The largest absolute Gasteiger partial charge is 0.416 e. The van der Waals surface area contributed by atoms with Crippen molar-refractivity contribution in [2.45, 2.75) is 51.4 Å². The van der Waals surface area contributed by atoms with E-state index in [1.165, 1.54) is 0 Å². The van der Waals surface area contributed by atoms with E-state index < -0.39 is 35.3 Å². The van der Waals surface area contributed by atoms with Crippen molar-refractivity contribution in [2.75, 3.05) is 18.9 Å². The van der Waals surface area contributed by atoms with Gasteiger partial charge in [-0.3, -0.25) is 9.89 Å². The third-order valence-electron chi connectivity index (χ3n) is 6.95. The van der Waals surface area contributed by atoms with Crippen LogP contribution in [0.2, 0.25) is 0 Å². The number of alkyl halides is 3. The maximum absolute atomic E-state index is 13.4. The average Bonchev–Trinajstić information content (AvgIpc) is 3.53. The average molecular weight is 556 g/mol. The van der Waals surface area contributed by atoms with Gasteiger partial charge in [-0.1, -0.05) is 12.1 Å². The van der Waals surface area contributed by atoms with Gasteiger partial charge >= 0.3 is 18.0 Å². The monoisotopic (exact) mass is 555 g/mol. The first kappa shape index (κ1) is 27.2. The Hall–Kier alpha value is -4.33. The number of aryl methyl sites for hydroxylation is 1. The molecular formula is C26H28F3N9O2. The van der Waals surface area contributed by atoms with Crippen LogP contribution < -0.4 is 10.6 Å². The molecule has 5 rings (SSSR count). The van der Waals surface area contributed by atoms with E-state index in [4.69, 9.17) is 4.42 Å². The molecule has 0 radical (unpaired) electrons. The fraction of sp³-hybridized carbons (Fsp3) is 0.385. The number of halogens is 3. The highest BCUT2D eigenvalue weighted by atomic mass is 19.4. The number of nitrogens with one attached hydrogen (secondary N) is 3. The second kappa shape index (κ2) is 10.3. The molecule has 1 aliphatic rings. The highest BCUT2D eigenvalue weighted by Gasteiger charge is 2.52. The van der Waals surface area contributed by atoms with Gasteiger partial charge in [0.2, 0.25) is 11.8 Å². The van der Waals surface area contributed by atoms with E-state index in [0.717, 1.165) is 41.9 Å². The molecule has 1 amide bonds. The second-order valence-electron chi connectivity index (χ2n) is 10.3. The van der Waals surface area contributed by atoms with Crippen molar-refractivity contribution in [3.05, 3.63) is 65.3 Å². The van der Waals surface area contributed by atoms with Crippen molar-refractivity contribution >= 4 is 17.5 Å². The molecule has 0 saturated heterocycles. The normalized spacial score (nSPS) is 16.3. The van der Waals surface area contributed by atoms with Crippen molar-refractivity contribution < 1.29 is 22.4 Å². The van der Waals surface area contributed by atoms with Crippen LogP contribution in [0.4, 0.5) is 24.8 Å². The van der Waals surface area contributed by atoms with Crippen LogP contribution in [0.3, 0.4) is 0 Å². The number of benzene rings is 1. The maximum atomic E-state index is 13.4. The van der Waals surface area contributed by atoms with Crippen LogP contribution in [-0.4, -0.2) is 60.9 Å². The van der Waals surface area contributed by atoms with Crippen LogP contribution in [0.15, 0.2) is 41.1 Å². The highest BCUT2D eigenvalue weighted by Crippen LogP contribution is 2.39. The van der Waals surface area contributed by atoms with Gasteiger partial charge in [0.25, 0.3) is 0 Å². The topological polar surface area (TPSA) is 138 Å². The zero-order chi connectivity index (χ0) is 28.7. The molecule has 40 heavy (non-hydrogen) atoms. The molecule has 210 valence electrons. The maximum Gasteiger partial charge on any atom is 0.402 e. The van der Waals surface area contributed by atoms with E-state index in [1.54, 1.807) is 12.4 Å². The number of aromatic amines is 1. The van der Waals surface area contributed by atoms with Gasteiger partial charge in [-0.25, -0.2) is 9.97 Å². The van der Waals surface area contributed by atoms with E-state index >= 15 is 0 Å². The standard InChI is InChI=1S/C26H28F3N9O2/c1-14-20(12-31-35-14)34-24-30-9-7-18(33-24)15-5-6-17-16(11-15)13-38(4)10-8-19(17)32-21(39)22-36-37-23(40-22)25(2,3)26(27,28)29/h5-7,9,11-12,19H,8,10,13H2,1-4H3,(H,31,35)(H,32,39)(H,30,33,34). The number of rotatable bonds is 6. The van der Waals surface area contributed by atoms with E-state index in [9.17, 15) is 18.0 Å². The van der Waals surface area contributed by atoms with Gasteiger partial charge in [0.05, 0.1) is 29.3 Å². The molecule has 0 spiro atoms. The Kier molecular flexibility index (Phi) is 7.04. The fourth-order valence-electron chi connectivity index (χ4n) is 4.35. The van der Waals surface area contributed by atoms with E-state index in [0.29, 0.717) is 31.2 Å². The zero-order valence-corrected chi connectivity index (χ0v) is 22.3.